The molecule has 4 saturated carbocycles. The highest BCUT2D eigenvalue weighted by molar-refractivity contribution is 7.86. The molecule has 0 spiro atoms. The van der Waals surface area contributed by atoms with Gasteiger partial charge in [0.05, 0.1) is 19.5 Å². The Bertz CT molecular complexity index is 948. The largest absolute Gasteiger partial charge is 0.469 e. The third-order valence-electron chi connectivity index (χ3n) is 11.0. The number of rotatable bonds is 7. The lowest BCUT2D eigenvalue weighted by molar-refractivity contribution is -0.177. The minimum atomic E-state index is -3.60. The Morgan fingerprint density at radius 1 is 1.00 bits per heavy atom. The molecule has 0 bridgehead atoms. The zero-order valence-corrected chi connectivity index (χ0v) is 23.8. The van der Waals surface area contributed by atoms with Gasteiger partial charge in [-0.25, -0.2) is 0 Å². The van der Waals surface area contributed by atoms with Gasteiger partial charge in [-0.1, -0.05) is 20.8 Å². The van der Waals surface area contributed by atoms with Crippen molar-refractivity contribution in [3.8, 4) is 0 Å². The van der Waals surface area contributed by atoms with E-state index >= 15 is 0 Å². The number of hydrogen-bond acceptors (Lipinski definition) is 7. The van der Waals surface area contributed by atoms with Crippen LogP contribution in [0, 0.1) is 46.3 Å². The highest BCUT2D eigenvalue weighted by Gasteiger charge is 2.63. The standard InChI is InChI=1S/C28H46O7S/c1-17(7-10-25(30)33-5)21-8-9-22-26-23(12-14-28(21,22)4)27(3)13-11-20(34-18(2)29)15-19(27)16-24(26)35-36(6,31)32/h17,19-24,26H,7-16H2,1-6H3/t17-,19+,20+,21-,22+,23+,24-,26+,27+,28-/m1/s1. The van der Waals surface area contributed by atoms with Crippen molar-refractivity contribution in [1.29, 1.82) is 0 Å². The molecular weight excluding hydrogens is 480 g/mol. The number of methoxy groups -OCH3 is 1. The van der Waals surface area contributed by atoms with Crippen LogP contribution >= 0.6 is 0 Å². The van der Waals surface area contributed by atoms with Crippen LogP contribution in [0.15, 0.2) is 0 Å². The average Bonchev–Trinajstić information content (AvgIpc) is 3.14. The van der Waals surface area contributed by atoms with E-state index in [4.69, 9.17) is 13.7 Å². The normalized spacial score (nSPS) is 43.0. The molecule has 10 atom stereocenters. The van der Waals surface area contributed by atoms with E-state index in [1.165, 1.54) is 20.3 Å². The maximum absolute atomic E-state index is 12.4. The molecule has 4 rings (SSSR count). The monoisotopic (exact) mass is 526 g/mol. The van der Waals surface area contributed by atoms with E-state index in [1.807, 2.05) is 0 Å². The number of carbonyl (C=O) groups excluding carboxylic acids is 2. The van der Waals surface area contributed by atoms with Crippen LogP contribution < -0.4 is 0 Å². The van der Waals surface area contributed by atoms with Crippen LogP contribution in [-0.2, 0) is 33.4 Å². The summed E-state index contributed by atoms with van der Waals surface area (Å²) in [5.41, 5.74) is 0.225. The topological polar surface area (TPSA) is 96.0 Å². The molecule has 8 heteroatoms. The maximum Gasteiger partial charge on any atom is 0.305 e. The van der Waals surface area contributed by atoms with Crippen LogP contribution in [0.5, 0.6) is 0 Å². The van der Waals surface area contributed by atoms with Crippen molar-refractivity contribution in [2.75, 3.05) is 13.4 Å². The summed E-state index contributed by atoms with van der Waals surface area (Å²) >= 11 is 0. The minimum Gasteiger partial charge on any atom is -0.469 e. The quantitative estimate of drug-likeness (QED) is 0.335. The van der Waals surface area contributed by atoms with Crippen molar-refractivity contribution >= 4 is 22.1 Å². The second-order valence-electron chi connectivity index (χ2n) is 12.9. The summed E-state index contributed by atoms with van der Waals surface area (Å²) in [6, 6.07) is 0. The fourth-order valence-electron chi connectivity index (χ4n) is 9.45. The number of carbonyl (C=O) groups is 2. The molecule has 0 saturated heterocycles. The Hall–Kier alpha value is -1.15. The predicted molar refractivity (Wildman–Crippen MR) is 136 cm³/mol. The van der Waals surface area contributed by atoms with Gasteiger partial charge in [0.1, 0.15) is 6.10 Å². The molecule has 4 fully saturated rings. The van der Waals surface area contributed by atoms with E-state index in [1.54, 1.807) is 0 Å². The molecule has 0 radical (unpaired) electrons. The summed E-state index contributed by atoms with van der Waals surface area (Å²) in [4.78, 5) is 23.4. The van der Waals surface area contributed by atoms with Crippen molar-refractivity contribution in [2.45, 2.75) is 104 Å². The van der Waals surface area contributed by atoms with Crippen molar-refractivity contribution < 1.29 is 31.7 Å². The minimum absolute atomic E-state index is 0.0867. The molecule has 0 aliphatic heterocycles. The van der Waals surface area contributed by atoms with Gasteiger partial charge in [-0.05, 0) is 104 Å². The van der Waals surface area contributed by atoms with Crippen LogP contribution in [-0.4, -0.2) is 45.9 Å². The predicted octanol–water partition coefficient (Wildman–Crippen LogP) is 5.12. The van der Waals surface area contributed by atoms with Gasteiger partial charge >= 0.3 is 11.9 Å². The maximum atomic E-state index is 12.4. The third-order valence-corrected chi connectivity index (χ3v) is 11.6. The molecule has 0 amide bonds. The smallest absolute Gasteiger partial charge is 0.305 e. The Morgan fingerprint density at radius 2 is 1.67 bits per heavy atom. The SMILES string of the molecule is COC(=O)CC[C@@H](C)[C@H]1CC[C@H]2[C@@H]3[C@H](OS(C)(=O)=O)C[C@@H]4C[C@@H](OC(C)=O)CC[C@]4(C)[C@H]3CC[C@]12C. The van der Waals surface area contributed by atoms with Gasteiger partial charge in [-0.15, -0.1) is 0 Å². The van der Waals surface area contributed by atoms with E-state index in [-0.39, 0.29) is 46.8 Å². The molecule has 0 N–H and O–H groups in total. The summed E-state index contributed by atoms with van der Waals surface area (Å²) in [5, 5.41) is 0. The molecular formula is C28H46O7S. The van der Waals surface area contributed by atoms with E-state index in [0.29, 0.717) is 36.5 Å². The fourth-order valence-corrected chi connectivity index (χ4v) is 10.1. The lowest BCUT2D eigenvalue weighted by atomic mass is 9.43. The molecule has 4 aliphatic carbocycles. The third kappa shape index (κ3) is 5.23. The highest BCUT2D eigenvalue weighted by Crippen LogP contribution is 2.69. The lowest BCUT2D eigenvalue weighted by Gasteiger charge is -2.63. The number of ether oxygens (including phenoxy) is 2. The van der Waals surface area contributed by atoms with Crippen LogP contribution in [0.1, 0.15) is 91.9 Å². The Morgan fingerprint density at radius 3 is 2.31 bits per heavy atom. The van der Waals surface area contributed by atoms with Crippen molar-refractivity contribution in [1.82, 2.24) is 0 Å². The van der Waals surface area contributed by atoms with Gasteiger partial charge in [0.2, 0.25) is 0 Å². The second kappa shape index (κ2) is 10.2. The zero-order valence-electron chi connectivity index (χ0n) is 23.0. The second-order valence-corrected chi connectivity index (χ2v) is 14.5. The summed E-state index contributed by atoms with van der Waals surface area (Å²) in [6.07, 6.45) is 9.83. The Kier molecular flexibility index (Phi) is 7.90. The van der Waals surface area contributed by atoms with Crippen molar-refractivity contribution in [3.05, 3.63) is 0 Å². The van der Waals surface area contributed by atoms with Gasteiger partial charge in [-0.3, -0.25) is 13.8 Å². The van der Waals surface area contributed by atoms with Crippen molar-refractivity contribution in [3.63, 3.8) is 0 Å². The molecule has 0 aromatic carbocycles. The first kappa shape index (κ1) is 27.9. The first-order chi connectivity index (χ1) is 16.8. The Labute approximate surface area is 217 Å². The molecule has 206 valence electrons. The lowest BCUT2D eigenvalue weighted by Crippen LogP contribution is -2.59. The molecule has 0 heterocycles. The molecule has 7 nitrogen and oxygen atoms in total. The van der Waals surface area contributed by atoms with Crippen LogP contribution in [0.4, 0.5) is 0 Å². The van der Waals surface area contributed by atoms with E-state index in [9.17, 15) is 18.0 Å². The summed E-state index contributed by atoms with van der Waals surface area (Å²) in [6.45, 7) is 8.56. The summed E-state index contributed by atoms with van der Waals surface area (Å²) in [7, 11) is -2.16. The first-order valence-electron chi connectivity index (χ1n) is 13.9. The first-order valence-corrected chi connectivity index (χ1v) is 15.7. The molecule has 0 unspecified atom stereocenters. The van der Waals surface area contributed by atoms with E-state index in [2.05, 4.69) is 20.8 Å². The average molecular weight is 527 g/mol. The molecule has 4 aliphatic rings. The number of esters is 2. The van der Waals surface area contributed by atoms with Crippen molar-refractivity contribution in [2.24, 2.45) is 46.3 Å². The molecule has 36 heavy (non-hydrogen) atoms. The number of hydrogen-bond donors (Lipinski definition) is 0. The van der Waals surface area contributed by atoms with Gasteiger partial charge in [-0.2, -0.15) is 8.42 Å². The summed E-state index contributed by atoms with van der Waals surface area (Å²) < 4.78 is 41.2. The van der Waals surface area contributed by atoms with Gasteiger partial charge in [0.15, 0.2) is 0 Å². The van der Waals surface area contributed by atoms with Crippen LogP contribution in [0.2, 0.25) is 0 Å². The van der Waals surface area contributed by atoms with Gasteiger partial charge < -0.3 is 9.47 Å². The number of fused-ring (bicyclic) bond motifs is 5. The summed E-state index contributed by atoms with van der Waals surface area (Å²) in [5.74, 6) is 1.84. The Balaban J connectivity index is 1.60. The van der Waals surface area contributed by atoms with Crippen LogP contribution in [0.3, 0.4) is 0 Å². The van der Waals surface area contributed by atoms with Gasteiger partial charge in [0, 0.05) is 13.3 Å². The zero-order chi connectivity index (χ0) is 26.5. The highest BCUT2D eigenvalue weighted by atomic mass is 32.2. The molecule has 0 aromatic heterocycles. The van der Waals surface area contributed by atoms with E-state index in [0.717, 1.165) is 51.4 Å². The van der Waals surface area contributed by atoms with Gasteiger partial charge in [0.25, 0.3) is 10.1 Å². The van der Waals surface area contributed by atoms with E-state index < -0.39 is 10.1 Å². The fraction of sp³-hybridized carbons (Fsp3) is 0.929. The van der Waals surface area contributed by atoms with Crippen LogP contribution in [0.25, 0.3) is 0 Å². The molecule has 0 aromatic rings.